The van der Waals surface area contributed by atoms with E-state index in [-0.39, 0.29) is 0 Å². The Balaban J connectivity index is 1.65. The Bertz CT molecular complexity index is 580. The molecule has 114 valence electrons. The Hall–Kier alpha value is -1.05. The molecule has 0 radical (unpaired) electrons. The second-order valence-corrected chi connectivity index (χ2v) is 7.07. The minimum Gasteiger partial charge on any atom is -0.368 e. The molecular weight excluding hydrogens is 302 g/mol. The molecule has 0 bridgehead atoms. The Morgan fingerprint density at radius 1 is 1.24 bits per heavy atom. The van der Waals surface area contributed by atoms with E-state index in [1.165, 1.54) is 24.6 Å². The molecular formula is C14H21N5S2. The maximum atomic E-state index is 4.60. The Labute approximate surface area is 133 Å². The smallest absolute Gasteiger partial charge is 0.226 e. The van der Waals surface area contributed by atoms with Crippen LogP contribution >= 0.6 is 23.1 Å². The van der Waals surface area contributed by atoms with Crippen molar-refractivity contribution in [2.24, 2.45) is 0 Å². The van der Waals surface area contributed by atoms with Gasteiger partial charge in [-0.05, 0) is 18.4 Å². The van der Waals surface area contributed by atoms with Gasteiger partial charge in [-0.1, -0.05) is 0 Å². The van der Waals surface area contributed by atoms with Crippen LogP contribution in [0.4, 0.5) is 11.8 Å². The van der Waals surface area contributed by atoms with Gasteiger partial charge < -0.3 is 10.6 Å². The van der Waals surface area contributed by atoms with E-state index in [0.717, 1.165) is 35.7 Å². The average Bonchev–Trinajstić information content (AvgIpc) is 2.97. The summed E-state index contributed by atoms with van der Waals surface area (Å²) in [6.07, 6.45) is 0. The van der Waals surface area contributed by atoms with Crippen molar-refractivity contribution in [2.75, 3.05) is 54.9 Å². The van der Waals surface area contributed by atoms with Crippen LogP contribution in [-0.4, -0.2) is 59.1 Å². The van der Waals surface area contributed by atoms with Crippen molar-refractivity contribution in [1.29, 1.82) is 0 Å². The second-order valence-electron chi connectivity index (χ2n) is 4.95. The van der Waals surface area contributed by atoms with Gasteiger partial charge in [-0.2, -0.15) is 16.7 Å². The molecule has 0 saturated carbocycles. The average molecular weight is 323 g/mol. The third-order valence-electron chi connectivity index (χ3n) is 3.48. The van der Waals surface area contributed by atoms with E-state index in [0.29, 0.717) is 5.95 Å². The predicted octanol–water partition coefficient (Wildman–Crippen LogP) is 2.58. The number of aromatic nitrogens is 2. The van der Waals surface area contributed by atoms with Crippen molar-refractivity contribution in [1.82, 2.24) is 14.9 Å². The summed E-state index contributed by atoms with van der Waals surface area (Å²) in [4.78, 5) is 12.7. The van der Waals surface area contributed by atoms with E-state index in [9.17, 15) is 0 Å². The molecule has 0 spiro atoms. The van der Waals surface area contributed by atoms with Crippen molar-refractivity contribution in [3.8, 4) is 0 Å². The number of hydrogen-bond acceptors (Lipinski definition) is 7. The molecule has 2 N–H and O–H groups in total. The number of thioether (sulfide) groups is 1. The molecule has 7 heteroatoms. The minimum atomic E-state index is 0.712. The van der Waals surface area contributed by atoms with Crippen LogP contribution in [0.1, 0.15) is 6.92 Å². The lowest BCUT2D eigenvalue weighted by Gasteiger charge is -2.26. The van der Waals surface area contributed by atoms with Crippen molar-refractivity contribution in [3.05, 3.63) is 11.4 Å². The van der Waals surface area contributed by atoms with E-state index in [2.05, 4.69) is 43.9 Å². The second kappa shape index (κ2) is 7.29. The van der Waals surface area contributed by atoms with E-state index >= 15 is 0 Å². The zero-order valence-electron chi connectivity index (χ0n) is 12.3. The molecule has 5 nitrogen and oxygen atoms in total. The molecule has 1 fully saturated rings. The molecule has 1 aliphatic rings. The van der Waals surface area contributed by atoms with Gasteiger partial charge in [0.1, 0.15) is 10.6 Å². The molecule has 0 unspecified atom stereocenters. The number of hydrogen-bond donors (Lipinski definition) is 2. The van der Waals surface area contributed by atoms with E-state index in [4.69, 9.17) is 0 Å². The lowest BCUT2D eigenvalue weighted by atomic mass is 10.3. The van der Waals surface area contributed by atoms with Gasteiger partial charge in [-0.3, -0.25) is 4.90 Å². The molecule has 3 heterocycles. The van der Waals surface area contributed by atoms with Crippen LogP contribution in [0.3, 0.4) is 0 Å². The Morgan fingerprint density at radius 3 is 2.90 bits per heavy atom. The van der Waals surface area contributed by atoms with Gasteiger partial charge in [-0.25, -0.2) is 4.98 Å². The predicted molar refractivity (Wildman–Crippen MR) is 93.8 cm³/mol. The van der Waals surface area contributed by atoms with Crippen molar-refractivity contribution < 1.29 is 0 Å². The molecule has 0 amide bonds. The molecule has 2 aromatic heterocycles. The van der Waals surface area contributed by atoms with Crippen LogP contribution in [-0.2, 0) is 0 Å². The summed E-state index contributed by atoms with van der Waals surface area (Å²) in [5.41, 5.74) is 0. The number of nitrogens with one attached hydrogen (secondary N) is 2. The van der Waals surface area contributed by atoms with Gasteiger partial charge in [0, 0.05) is 44.2 Å². The highest BCUT2D eigenvalue weighted by Crippen LogP contribution is 2.26. The molecule has 21 heavy (non-hydrogen) atoms. The van der Waals surface area contributed by atoms with Crippen LogP contribution in [0, 0.1) is 0 Å². The first-order chi connectivity index (χ1) is 10.4. The summed E-state index contributed by atoms with van der Waals surface area (Å²) in [6.45, 7) is 7.30. The summed E-state index contributed by atoms with van der Waals surface area (Å²) >= 11 is 3.71. The summed E-state index contributed by atoms with van der Waals surface area (Å²) in [6, 6.07) is 2.09. The molecule has 1 aliphatic heterocycles. The fourth-order valence-electron chi connectivity index (χ4n) is 2.38. The largest absolute Gasteiger partial charge is 0.368 e. The SMILES string of the molecule is CCNc1nc(NCCN2CCSCC2)c2ccsc2n1. The number of nitrogens with zero attached hydrogens (tertiary/aromatic N) is 3. The highest BCUT2D eigenvalue weighted by atomic mass is 32.2. The zero-order valence-corrected chi connectivity index (χ0v) is 13.9. The highest BCUT2D eigenvalue weighted by molar-refractivity contribution is 7.99. The molecule has 0 atom stereocenters. The van der Waals surface area contributed by atoms with E-state index in [1.54, 1.807) is 11.3 Å². The monoisotopic (exact) mass is 323 g/mol. The fraction of sp³-hybridized carbons (Fsp3) is 0.571. The summed E-state index contributed by atoms with van der Waals surface area (Å²) in [5.74, 6) is 4.17. The maximum absolute atomic E-state index is 4.60. The van der Waals surface area contributed by atoms with Crippen molar-refractivity contribution in [2.45, 2.75) is 6.92 Å². The van der Waals surface area contributed by atoms with Crippen molar-refractivity contribution >= 4 is 45.1 Å². The van der Waals surface area contributed by atoms with Crippen LogP contribution in [0.2, 0.25) is 0 Å². The third kappa shape index (κ3) is 3.78. The molecule has 1 saturated heterocycles. The first kappa shape index (κ1) is 14.9. The van der Waals surface area contributed by atoms with E-state index in [1.807, 2.05) is 11.8 Å². The first-order valence-electron chi connectivity index (χ1n) is 7.40. The number of rotatable bonds is 6. The van der Waals surface area contributed by atoms with Crippen molar-refractivity contribution in [3.63, 3.8) is 0 Å². The Kier molecular flexibility index (Phi) is 5.16. The van der Waals surface area contributed by atoms with Gasteiger partial charge in [0.05, 0.1) is 5.39 Å². The summed E-state index contributed by atoms with van der Waals surface area (Å²) in [5, 5.41) is 9.88. The zero-order chi connectivity index (χ0) is 14.5. The topological polar surface area (TPSA) is 53.1 Å². The molecule has 0 aliphatic carbocycles. The summed E-state index contributed by atoms with van der Waals surface area (Å²) < 4.78 is 0. The number of anilines is 2. The highest BCUT2D eigenvalue weighted by Gasteiger charge is 2.11. The van der Waals surface area contributed by atoms with E-state index < -0.39 is 0 Å². The van der Waals surface area contributed by atoms with Gasteiger partial charge >= 0.3 is 0 Å². The Morgan fingerprint density at radius 2 is 2.10 bits per heavy atom. The van der Waals surface area contributed by atoms with Gasteiger partial charge in [0.15, 0.2) is 0 Å². The number of thiophene rings is 1. The first-order valence-corrected chi connectivity index (χ1v) is 9.43. The standard InChI is InChI=1S/C14H21N5S2/c1-2-15-14-17-12(11-3-8-21-13(11)18-14)16-4-5-19-6-9-20-10-7-19/h3,8H,2,4-7,9-10H2,1H3,(H2,15,16,17,18). The quantitative estimate of drug-likeness (QED) is 0.852. The maximum Gasteiger partial charge on any atom is 0.226 e. The molecule has 3 rings (SSSR count). The van der Waals surface area contributed by atoms with Crippen LogP contribution in [0.15, 0.2) is 11.4 Å². The normalized spacial score (nSPS) is 16.2. The summed E-state index contributed by atoms with van der Waals surface area (Å²) in [7, 11) is 0. The van der Waals surface area contributed by atoms with Gasteiger partial charge in [0.25, 0.3) is 0 Å². The van der Waals surface area contributed by atoms with Gasteiger partial charge in [0.2, 0.25) is 5.95 Å². The van der Waals surface area contributed by atoms with Crippen LogP contribution in [0.5, 0.6) is 0 Å². The third-order valence-corrected chi connectivity index (χ3v) is 5.23. The molecule has 2 aromatic rings. The minimum absolute atomic E-state index is 0.712. The van der Waals surface area contributed by atoms with Gasteiger partial charge in [-0.15, -0.1) is 11.3 Å². The molecule has 0 aromatic carbocycles. The lowest BCUT2D eigenvalue weighted by Crippen LogP contribution is -2.36. The fourth-order valence-corrected chi connectivity index (χ4v) is 4.13. The van der Waals surface area contributed by atoms with Crippen LogP contribution in [0.25, 0.3) is 10.2 Å². The lowest BCUT2D eigenvalue weighted by molar-refractivity contribution is 0.314. The number of fused-ring (bicyclic) bond motifs is 1. The van der Waals surface area contributed by atoms with Crippen LogP contribution < -0.4 is 10.6 Å².